The number of benzene rings is 1. The lowest BCUT2D eigenvalue weighted by molar-refractivity contribution is 1.45. The SMILES string of the molecule is CSc1cccc2sc(C#N)c(C)c12. The normalized spacial score (nSPS) is 10.4. The van der Waals surface area contributed by atoms with Crippen LogP contribution in [-0.2, 0) is 0 Å². The molecule has 1 heterocycles. The molecule has 2 rings (SSSR count). The number of aryl methyl sites for hydroxylation is 1. The van der Waals surface area contributed by atoms with Gasteiger partial charge < -0.3 is 0 Å². The summed E-state index contributed by atoms with van der Waals surface area (Å²) < 4.78 is 1.21. The minimum absolute atomic E-state index is 0.835. The van der Waals surface area contributed by atoms with Gasteiger partial charge in [0.2, 0.25) is 0 Å². The lowest BCUT2D eigenvalue weighted by Crippen LogP contribution is -1.75. The summed E-state index contributed by atoms with van der Waals surface area (Å²) in [6, 6.07) is 8.47. The molecule has 0 aliphatic carbocycles. The van der Waals surface area contributed by atoms with E-state index in [4.69, 9.17) is 5.26 Å². The summed E-state index contributed by atoms with van der Waals surface area (Å²) >= 11 is 3.31. The monoisotopic (exact) mass is 219 g/mol. The van der Waals surface area contributed by atoms with Crippen LogP contribution in [0.5, 0.6) is 0 Å². The molecule has 0 unspecified atom stereocenters. The second-order valence-electron chi connectivity index (χ2n) is 3.00. The van der Waals surface area contributed by atoms with Crippen molar-refractivity contribution in [2.45, 2.75) is 11.8 Å². The first-order chi connectivity index (χ1) is 6.77. The topological polar surface area (TPSA) is 23.8 Å². The maximum atomic E-state index is 8.94. The molecule has 0 spiro atoms. The van der Waals surface area contributed by atoms with Gasteiger partial charge in [-0.3, -0.25) is 0 Å². The highest BCUT2D eigenvalue weighted by Gasteiger charge is 2.10. The molecule has 1 nitrogen and oxygen atoms in total. The van der Waals surface area contributed by atoms with Crippen molar-refractivity contribution in [1.82, 2.24) is 0 Å². The number of nitriles is 1. The van der Waals surface area contributed by atoms with Gasteiger partial charge in [0, 0.05) is 15.0 Å². The lowest BCUT2D eigenvalue weighted by atomic mass is 10.1. The predicted molar refractivity (Wildman–Crippen MR) is 63.1 cm³/mol. The molecule has 0 bridgehead atoms. The molecule has 14 heavy (non-hydrogen) atoms. The van der Waals surface area contributed by atoms with E-state index in [0.29, 0.717) is 0 Å². The number of hydrogen-bond donors (Lipinski definition) is 0. The van der Waals surface area contributed by atoms with Gasteiger partial charge in [0.05, 0.1) is 0 Å². The van der Waals surface area contributed by atoms with Crippen molar-refractivity contribution in [2.24, 2.45) is 0 Å². The summed E-state index contributed by atoms with van der Waals surface area (Å²) in [5.74, 6) is 0. The minimum Gasteiger partial charge on any atom is -0.192 e. The van der Waals surface area contributed by atoms with Crippen molar-refractivity contribution < 1.29 is 0 Å². The third-order valence-electron chi connectivity index (χ3n) is 2.24. The molecule has 0 saturated carbocycles. The quantitative estimate of drug-likeness (QED) is 0.681. The van der Waals surface area contributed by atoms with E-state index in [1.807, 2.05) is 13.0 Å². The van der Waals surface area contributed by atoms with E-state index in [1.165, 1.54) is 15.0 Å². The number of hydrogen-bond acceptors (Lipinski definition) is 3. The van der Waals surface area contributed by atoms with Crippen LogP contribution in [0.2, 0.25) is 0 Å². The fourth-order valence-electron chi connectivity index (χ4n) is 1.54. The number of fused-ring (bicyclic) bond motifs is 1. The van der Waals surface area contributed by atoms with Crippen LogP contribution in [0, 0.1) is 18.3 Å². The summed E-state index contributed by atoms with van der Waals surface area (Å²) in [4.78, 5) is 2.10. The van der Waals surface area contributed by atoms with Crippen LogP contribution in [0.4, 0.5) is 0 Å². The van der Waals surface area contributed by atoms with E-state index in [0.717, 1.165) is 10.4 Å². The van der Waals surface area contributed by atoms with Gasteiger partial charge in [-0.05, 0) is 30.9 Å². The van der Waals surface area contributed by atoms with Gasteiger partial charge in [-0.1, -0.05) is 6.07 Å². The Morgan fingerprint density at radius 1 is 1.43 bits per heavy atom. The van der Waals surface area contributed by atoms with Crippen molar-refractivity contribution in [2.75, 3.05) is 6.26 Å². The number of thioether (sulfide) groups is 1. The van der Waals surface area contributed by atoms with Crippen LogP contribution >= 0.6 is 23.1 Å². The Bertz CT molecular complexity index is 520. The van der Waals surface area contributed by atoms with E-state index in [2.05, 4.69) is 24.5 Å². The standard InChI is InChI=1S/C11H9NS2/c1-7-10(6-12)14-9-5-3-4-8(13-2)11(7)9/h3-5H,1-2H3. The van der Waals surface area contributed by atoms with E-state index in [1.54, 1.807) is 23.1 Å². The average Bonchev–Trinajstić information content (AvgIpc) is 2.55. The molecular weight excluding hydrogens is 210 g/mol. The molecule has 1 aromatic heterocycles. The molecular formula is C11H9NS2. The number of nitrogens with zero attached hydrogens (tertiary/aromatic N) is 1. The summed E-state index contributed by atoms with van der Waals surface area (Å²) in [7, 11) is 0. The van der Waals surface area contributed by atoms with Gasteiger partial charge in [0.1, 0.15) is 10.9 Å². The molecule has 0 aliphatic rings. The Morgan fingerprint density at radius 2 is 2.21 bits per heavy atom. The summed E-state index contributed by atoms with van der Waals surface area (Å²) in [5, 5.41) is 10.2. The highest BCUT2D eigenvalue weighted by Crippen LogP contribution is 2.36. The smallest absolute Gasteiger partial charge is 0.110 e. The zero-order chi connectivity index (χ0) is 10.1. The molecule has 0 amide bonds. The largest absolute Gasteiger partial charge is 0.192 e. The Morgan fingerprint density at radius 3 is 2.86 bits per heavy atom. The van der Waals surface area contributed by atoms with Gasteiger partial charge in [-0.15, -0.1) is 23.1 Å². The van der Waals surface area contributed by atoms with Crippen molar-refractivity contribution in [3.63, 3.8) is 0 Å². The van der Waals surface area contributed by atoms with Crippen LogP contribution in [-0.4, -0.2) is 6.26 Å². The van der Waals surface area contributed by atoms with Crippen LogP contribution in [0.25, 0.3) is 10.1 Å². The van der Waals surface area contributed by atoms with Crippen LogP contribution in [0.3, 0.4) is 0 Å². The van der Waals surface area contributed by atoms with Crippen LogP contribution in [0.15, 0.2) is 23.1 Å². The van der Waals surface area contributed by atoms with Crippen LogP contribution in [0.1, 0.15) is 10.4 Å². The van der Waals surface area contributed by atoms with E-state index >= 15 is 0 Å². The first-order valence-corrected chi connectivity index (χ1v) is 6.28. The molecule has 3 heteroatoms. The minimum atomic E-state index is 0.835. The second kappa shape index (κ2) is 3.64. The highest BCUT2D eigenvalue weighted by molar-refractivity contribution is 7.98. The Balaban J connectivity index is 2.87. The zero-order valence-electron chi connectivity index (χ0n) is 8.00. The van der Waals surface area contributed by atoms with E-state index in [-0.39, 0.29) is 0 Å². The summed E-state index contributed by atoms with van der Waals surface area (Å²) in [6.07, 6.45) is 2.07. The maximum absolute atomic E-state index is 8.94. The number of rotatable bonds is 1. The Kier molecular flexibility index (Phi) is 2.49. The van der Waals surface area contributed by atoms with Gasteiger partial charge in [0.25, 0.3) is 0 Å². The molecule has 0 saturated heterocycles. The van der Waals surface area contributed by atoms with Crippen LogP contribution < -0.4 is 0 Å². The van der Waals surface area contributed by atoms with E-state index in [9.17, 15) is 0 Å². The summed E-state index contributed by atoms with van der Waals surface area (Å²) in [5.41, 5.74) is 1.12. The van der Waals surface area contributed by atoms with Crippen molar-refractivity contribution in [1.29, 1.82) is 5.26 Å². The lowest BCUT2D eigenvalue weighted by Gasteiger charge is -1.99. The molecule has 1 aromatic carbocycles. The van der Waals surface area contributed by atoms with E-state index < -0.39 is 0 Å². The second-order valence-corrected chi connectivity index (χ2v) is 4.90. The van der Waals surface area contributed by atoms with Gasteiger partial charge in [0.15, 0.2) is 0 Å². The molecule has 0 aliphatic heterocycles. The maximum Gasteiger partial charge on any atom is 0.110 e. The third-order valence-corrected chi connectivity index (χ3v) is 4.18. The van der Waals surface area contributed by atoms with Gasteiger partial charge >= 0.3 is 0 Å². The third kappa shape index (κ3) is 1.31. The Hall–Kier alpha value is -0.980. The first-order valence-electron chi connectivity index (χ1n) is 4.24. The molecule has 0 N–H and O–H groups in total. The first kappa shape index (κ1) is 9.57. The average molecular weight is 219 g/mol. The highest BCUT2D eigenvalue weighted by atomic mass is 32.2. The van der Waals surface area contributed by atoms with Crippen molar-refractivity contribution in [3.05, 3.63) is 28.6 Å². The Labute approximate surface area is 91.4 Å². The summed E-state index contributed by atoms with van der Waals surface area (Å²) in [6.45, 7) is 2.02. The molecule has 2 aromatic rings. The van der Waals surface area contributed by atoms with Crippen molar-refractivity contribution >= 4 is 33.2 Å². The van der Waals surface area contributed by atoms with Gasteiger partial charge in [-0.25, -0.2) is 0 Å². The molecule has 0 fully saturated rings. The van der Waals surface area contributed by atoms with Gasteiger partial charge in [-0.2, -0.15) is 5.26 Å². The fourth-order valence-corrected chi connectivity index (χ4v) is 3.32. The zero-order valence-corrected chi connectivity index (χ0v) is 9.63. The molecule has 0 atom stereocenters. The molecule has 70 valence electrons. The fraction of sp³-hybridized carbons (Fsp3) is 0.182. The van der Waals surface area contributed by atoms with Crippen molar-refractivity contribution in [3.8, 4) is 6.07 Å². The molecule has 0 radical (unpaired) electrons. The number of thiophene rings is 1. The predicted octanol–water partition coefficient (Wildman–Crippen LogP) is 3.80.